The normalized spacial score (nSPS) is 13.2. The number of aromatic amines is 1. The van der Waals surface area contributed by atoms with Gasteiger partial charge in [-0.25, -0.2) is 4.98 Å². The SMILES string of the molecule is Cc1cccc(C)c1Nc1ccc2cccc(-c3cc4c([nH]3)CCNC4=O)c2n1. The van der Waals surface area contributed by atoms with Crippen LogP contribution in [0.25, 0.3) is 22.2 Å². The summed E-state index contributed by atoms with van der Waals surface area (Å²) in [5.74, 6) is 0.788. The van der Waals surface area contributed by atoms with Crippen LogP contribution in [0.2, 0.25) is 0 Å². The summed E-state index contributed by atoms with van der Waals surface area (Å²) >= 11 is 0. The van der Waals surface area contributed by atoms with Crippen molar-refractivity contribution in [1.82, 2.24) is 15.3 Å². The zero-order valence-electron chi connectivity index (χ0n) is 16.5. The van der Waals surface area contributed by atoms with Gasteiger partial charge in [0.25, 0.3) is 5.91 Å². The number of aryl methyl sites for hydroxylation is 2. The van der Waals surface area contributed by atoms with Crippen molar-refractivity contribution >= 4 is 28.3 Å². The molecule has 0 atom stereocenters. The maximum absolute atomic E-state index is 12.2. The molecule has 0 spiro atoms. The van der Waals surface area contributed by atoms with E-state index in [4.69, 9.17) is 4.98 Å². The Labute approximate surface area is 169 Å². The number of carbonyl (C=O) groups is 1. The fourth-order valence-corrected chi connectivity index (χ4v) is 4.01. The molecule has 5 rings (SSSR count). The lowest BCUT2D eigenvalue weighted by molar-refractivity contribution is 0.0946. The Kier molecular flexibility index (Phi) is 4.09. The smallest absolute Gasteiger partial charge is 0.253 e. The average molecular weight is 382 g/mol. The predicted molar refractivity (Wildman–Crippen MR) is 117 cm³/mol. The molecule has 0 unspecified atom stereocenters. The number of pyridine rings is 1. The lowest BCUT2D eigenvalue weighted by Gasteiger charge is -2.13. The van der Waals surface area contributed by atoms with Crippen molar-refractivity contribution < 1.29 is 4.79 Å². The number of aromatic nitrogens is 2. The largest absolute Gasteiger partial charge is 0.358 e. The minimum absolute atomic E-state index is 0.0145. The van der Waals surface area contributed by atoms with Crippen molar-refractivity contribution in [2.24, 2.45) is 0 Å². The van der Waals surface area contributed by atoms with Crippen molar-refractivity contribution in [3.05, 3.63) is 77.0 Å². The molecule has 0 aliphatic carbocycles. The molecule has 144 valence electrons. The number of nitrogens with zero attached hydrogens (tertiary/aromatic N) is 1. The Morgan fingerprint density at radius 2 is 1.76 bits per heavy atom. The van der Waals surface area contributed by atoms with Gasteiger partial charge in [0.15, 0.2) is 0 Å². The second kappa shape index (κ2) is 6.78. The van der Waals surface area contributed by atoms with Crippen LogP contribution in [0.5, 0.6) is 0 Å². The molecule has 4 aromatic rings. The van der Waals surface area contributed by atoms with Gasteiger partial charge in [-0.05, 0) is 43.2 Å². The molecule has 1 aliphatic rings. The molecule has 0 saturated heterocycles. The van der Waals surface area contributed by atoms with E-state index < -0.39 is 0 Å². The first-order chi connectivity index (χ1) is 14.1. The van der Waals surface area contributed by atoms with Gasteiger partial charge in [-0.3, -0.25) is 4.79 Å². The van der Waals surface area contributed by atoms with Crippen LogP contribution in [0.15, 0.2) is 54.6 Å². The molecule has 5 nitrogen and oxygen atoms in total. The second-order valence-corrected chi connectivity index (χ2v) is 7.55. The van der Waals surface area contributed by atoms with Crippen molar-refractivity contribution in [3.8, 4) is 11.3 Å². The van der Waals surface area contributed by atoms with E-state index in [-0.39, 0.29) is 5.91 Å². The van der Waals surface area contributed by atoms with Crippen LogP contribution in [0, 0.1) is 13.8 Å². The number of rotatable bonds is 3. The summed E-state index contributed by atoms with van der Waals surface area (Å²) in [4.78, 5) is 20.5. The van der Waals surface area contributed by atoms with Crippen LogP contribution in [-0.4, -0.2) is 22.4 Å². The summed E-state index contributed by atoms with van der Waals surface area (Å²) in [7, 11) is 0. The maximum Gasteiger partial charge on any atom is 0.253 e. The lowest BCUT2D eigenvalue weighted by Crippen LogP contribution is -2.31. The fraction of sp³-hybridized carbons (Fsp3) is 0.167. The van der Waals surface area contributed by atoms with E-state index in [1.165, 1.54) is 11.1 Å². The zero-order valence-corrected chi connectivity index (χ0v) is 16.5. The molecule has 1 aliphatic heterocycles. The van der Waals surface area contributed by atoms with Gasteiger partial charge in [-0.1, -0.05) is 36.4 Å². The highest BCUT2D eigenvalue weighted by Gasteiger charge is 2.21. The predicted octanol–water partition coefficient (Wildman–Crippen LogP) is 4.88. The number of nitrogens with one attached hydrogen (secondary N) is 3. The van der Waals surface area contributed by atoms with E-state index in [1.807, 2.05) is 24.3 Å². The Morgan fingerprint density at radius 1 is 0.966 bits per heavy atom. The minimum Gasteiger partial charge on any atom is -0.358 e. The van der Waals surface area contributed by atoms with Crippen molar-refractivity contribution in [2.45, 2.75) is 20.3 Å². The van der Waals surface area contributed by atoms with Gasteiger partial charge in [0.05, 0.1) is 11.1 Å². The molecular weight excluding hydrogens is 360 g/mol. The van der Waals surface area contributed by atoms with E-state index in [2.05, 4.69) is 59.8 Å². The van der Waals surface area contributed by atoms with Crippen LogP contribution in [0.1, 0.15) is 27.2 Å². The van der Waals surface area contributed by atoms with Crippen molar-refractivity contribution in [2.75, 3.05) is 11.9 Å². The molecule has 29 heavy (non-hydrogen) atoms. The van der Waals surface area contributed by atoms with E-state index >= 15 is 0 Å². The highest BCUT2D eigenvalue weighted by molar-refractivity contribution is 6.00. The van der Waals surface area contributed by atoms with Gasteiger partial charge in [0.1, 0.15) is 5.82 Å². The van der Waals surface area contributed by atoms with Gasteiger partial charge >= 0.3 is 0 Å². The third-order valence-electron chi connectivity index (χ3n) is 5.55. The Bertz CT molecular complexity index is 1230. The molecule has 1 amide bonds. The lowest BCUT2D eigenvalue weighted by atomic mass is 10.1. The van der Waals surface area contributed by atoms with E-state index in [9.17, 15) is 4.79 Å². The number of hydrogen-bond acceptors (Lipinski definition) is 3. The van der Waals surface area contributed by atoms with Crippen LogP contribution in [0.4, 0.5) is 11.5 Å². The minimum atomic E-state index is -0.0145. The highest BCUT2D eigenvalue weighted by atomic mass is 16.1. The summed E-state index contributed by atoms with van der Waals surface area (Å²) in [6.07, 6.45) is 0.818. The third kappa shape index (κ3) is 3.05. The molecular formula is C24H22N4O. The molecule has 0 fully saturated rings. The van der Waals surface area contributed by atoms with Gasteiger partial charge in [-0.2, -0.15) is 0 Å². The van der Waals surface area contributed by atoms with Crippen LogP contribution in [-0.2, 0) is 6.42 Å². The standard InChI is InChI=1S/C24H22N4O/c1-14-5-3-6-15(2)22(14)27-21-10-9-16-7-4-8-17(23(16)28-21)20-13-18-19(26-20)11-12-25-24(18)29/h3-10,13,26H,11-12H2,1-2H3,(H,25,29)(H,27,28). The van der Waals surface area contributed by atoms with Crippen molar-refractivity contribution in [1.29, 1.82) is 0 Å². The zero-order chi connectivity index (χ0) is 20.0. The van der Waals surface area contributed by atoms with Crippen molar-refractivity contribution in [3.63, 3.8) is 0 Å². The molecule has 0 radical (unpaired) electrons. The fourth-order valence-electron chi connectivity index (χ4n) is 4.01. The summed E-state index contributed by atoms with van der Waals surface area (Å²) < 4.78 is 0. The molecule has 0 bridgehead atoms. The second-order valence-electron chi connectivity index (χ2n) is 7.55. The van der Waals surface area contributed by atoms with Gasteiger partial charge in [-0.15, -0.1) is 0 Å². The number of hydrogen-bond donors (Lipinski definition) is 3. The topological polar surface area (TPSA) is 69.8 Å². The number of para-hydroxylation sites is 2. The van der Waals surface area contributed by atoms with E-state index in [0.29, 0.717) is 6.54 Å². The third-order valence-corrected chi connectivity index (χ3v) is 5.55. The number of anilines is 2. The molecule has 2 aromatic carbocycles. The molecule has 5 heteroatoms. The first-order valence-corrected chi connectivity index (χ1v) is 9.83. The van der Waals surface area contributed by atoms with E-state index in [1.54, 1.807) is 0 Å². The Hall–Kier alpha value is -3.60. The Morgan fingerprint density at radius 3 is 2.55 bits per heavy atom. The van der Waals surface area contributed by atoms with Gasteiger partial charge in [0.2, 0.25) is 0 Å². The molecule has 0 saturated carbocycles. The quantitative estimate of drug-likeness (QED) is 0.473. The number of fused-ring (bicyclic) bond motifs is 2. The summed E-state index contributed by atoms with van der Waals surface area (Å²) in [5.41, 5.74) is 8.00. The number of amides is 1. The number of carbonyl (C=O) groups excluding carboxylic acids is 1. The Balaban J connectivity index is 1.60. The monoisotopic (exact) mass is 382 g/mol. The summed E-state index contributed by atoms with van der Waals surface area (Å²) in [6.45, 7) is 4.86. The van der Waals surface area contributed by atoms with E-state index in [0.717, 1.165) is 51.3 Å². The van der Waals surface area contributed by atoms with Crippen LogP contribution >= 0.6 is 0 Å². The van der Waals surface area contributed by atoms with Crippen LogP contribution < -0.4 is 10.6 Å². The average Bonchev–Trinajstić information content (AvgIpc) is 3.16. The molecule has 3 N–H and O–H groups in total. The number of H-pyrrole nitrogens is 1. The highest BCUT2D eigenvalue weighted by Crippen LogP contribution is 2.31. The first kappa shape index (κ1) is 17.5. The maximum atomic E-state index is 12.2. The summed E-state index contributed by atoms with van der Waals surface area (Å²) in [6, 6.07) is 18.4. The molecule has 3 heterocycles. The number of benzene rings is 2. The summed E-state index contributed by atoms with van der Waals surface area (Å²) in [5, 5.41) is 7.45. The molecule has 2 aromatic heterocycles. The van der Waals surface area contributed by atoms with Crippen LogP contribution in [0.3, 0.4) is 0 Å². The van der Waals surface area contributed by atoms with Gasteiger partial charge < -0.3 is 15.6 Å². The first-order valence-electron chi connectivity index (χ1n) is 9.83. The van der Waals surface area contributed by atoms with Gasteiger partial charge in [0, 0.05) is 41.0 Å².